The summed E-state index contributed by atoms with van der Waals surface area (Å²) >= 11 is 0. The minimum absolute atomic E-state index is 0.421. The molecule has 1 aliphatic carbocycles. The van der Waals surface area contributed by atoms with Gasteiger partial charge in [0.15, 0.2) is 0 Å². The lowest BCUT2D eigenvalue weighted by Gasteiger charge is -2.24. The van der Waals surface area contributed by atoms with Crippen molar-refractivity contribution in [3.8, 4) is 11.5 Å². The minimum atomic E-state index is 0.421. The highest BCUT2D eigenvalue weighted by Crippen LogP contribution is 2.38. The molecule has 1 saturated carbocycles. The first kappa shape index (κ1) is 11.8. The van der Waals surface area contributed by atoms with Crippen LogP contribution in [-0.2, 0) is 0 Å². The molecule has 4 nitrogen and oxygen atoms in total. The summed E-state index contributed by atoms with van der Waals surface area (Å²) < 4.78 is 10.6. The molecule has 17 heavy (non-hydrogen) atoms. The molecule has 0 spiro atoms. The van der Waals surface area contributed by atoms with Crippen molar-refractivity contribution in [1.82, 2.24) is 0 Å². The van der Waals surface area contributed by atoms with Gasteiger partial charge in [-0.05, 0) is 25.0 Å². The van der Waals surface area contributed by atoms with Crippen LogP contribution >= 0.6 is 0 Å². The second kappa shape index (κ2) is 5.08. The van der Waals surface area contributed by atoms with Gasteiger partial charge in [-0.25, -0.2) is 4.99 Å². The molecule has 2 rings (SSSR count). The van der Waals surface area contributed by atoms with Crippen molar-refractivity contribution in [3.63, 3.8) is 0 Å². The third-order valence-corrected chi connectivity index (χ3v) is 3.17. The smallest absolute Gasteiger partial charge is 0.149 e. The number of methoxy groups -OCH3 is 2. The highest BCUT2D eigenvalue weighted by molar-refractivity contribution is 5.87. The zero-order chi connectivity index (χ0) is 12.3. The summed E-state index contributed by atoms with van der Waals surface area (Å²) in [5.74, 6) is 2.47. The van der Waals surface area contributed by atoms with E-state index in [1.54, 1.807) is 14.2 Å². The van der Waals surface area contributed by atoms with Crippen LogP contribution in [0.4, 0.5) is 5.69 Å². The van der Waals surface area contributed by atoms with Gasteiger partial charge in [0.05, 0.1) is 14.2 Å². The van der Waals surface area contributed by atoms with Gasteiger partial charge in [0.25, 0.3) is 0 Å². The molecule has 1 aliphatic rings. The predicted octanol–water partition coefficient (Wildman–Crippen LogP) is 2.49. The van der Waals surface area contributed by atoms with E-state index in [0.717, 1.165) is 12.8 Å². The maximum Gasteiger partial charge on any atom is 0.149 e. The SMILES string of the molecule is COc1cccc(OC)c1N=C(N)C1CCC1. The molecule has 92 valence electrons. The Morgan fingerprint density at radius 3 is 2.24 bits per heavy atom. The average Bonchev–Trinajstić information content (AvgIpc) is 2.26. The largest absolute Gasteiger partial charge is 0.494 e. The first-order chi connectivity index (χ1) is 8.26. The molecule has 0 bridgehead atoms. The summed E-state index contributed by atoms with van der Waals surface area (Å²) in [4.78, 5) is 4.47. The van der Waals surface area contributed by atoms with Crippen LogP contribution in [0.25, 0.3) is 0 Å². The molecule has 0 heterocycles. The fourth-order valence-electron chi connectivity index (χ4n) is 1.87. The summed E-state index contributed by atoms with van der Waals surface area (Å²) in [5.41, 5.74) is 6.68. The molecular weight excluding hydrogens is 216 g/mol. The molecule has 0 unspecified atom stereocenters. The summed E-state index contributed by atoms with van der Waals surface area (Å²) in [5, 5.41) is 0. The van der Waals surface area contributed by atoms with Crippen molar-refractivity contribution < 1.29 is 9.47 Å². The number of hydrogen-bond acceptors (Lipinski definition) is 3. The number of amidine groups is 1. The number of rotatable bonds is 4. The van der Waals surface area contributed by atoms with E-state index in [1.165, 1.54) is 6.42 Å². The molecule has 4 heteroatoms. The lowest BCUT2D eigenvalue weighted by molar-refractivity contribution is 0.395. The van der Waals surface area contributed by atoms with Crippen LogP contribution in [0.15, 0.2) is 23.2 Å². The van der Waals surface area contributed by atoms with Gasteiger partial charge in [-0.1, -0.05) is 12.5 Å². The third kappa shape index (κ3) is 2.35. The van der Waals surface area contributed by atoms with Gasteiger partial charge < -0.3 is 15.2 Å². The number of para-hydroxylation sites is 1. The van der Waals surface area contributed by atoms with Gasteiger partial charge >= 0.3 is 0 Å². The fraction of sp³-hybridized carbons (Fsp3) is 0.462. The Morgan fingerprint density at radius 1 is 1.24 bits per heavy atom. The van der Waals surface area contributed by atoms with Gasteiger partial charge in [0, 0.05) is 5.92 Å². The summed E-state index contributed by atoms with van der Waals surface area (Å²) in [6.07, 6.45) is 3.50. The Hall–Kier alpha value is -1.71. The molecule has 0 atom stereocenters. The van der Waals surface area contributed by atoms with E-state index in [0.29, 0.717) is 28.9 Å². The topological polar surface area (TPSA) is 56.8 Å². The number of ether oxygens (including phenoxy) is 2. The van der Waals surface area contributed by atoms with Crippen molar-refractivity contribution in [3.05, 3.63) is 18.2 Å². The fourth-order valence-corrected chi connectivity index (χ4v) is 1.87. The Morgan fingerprint density at radius 2 is 1.82 bits per heavy atom. The van der Waals surface area contributed by atoms with Crippen LogP contribution in [0.1, 0.15) is 19.3 Å². The van der Waals surface area contributed by atoms with Gasteiger partial charge in [0.2, 0.25) is 0 Å². The lowest BCUT2D eigenvalue weighted by Crippen LogP contribution is -2.28. The second-order valence-corrected chi connectivity index (χ2v) is 4.18. The summed E-state index contributed by atoms with van der Waals surface area (Å²) in [7, 11) is 3.24. The molecule has 1 fully saturated rings. The van der Waals surface area contributed by atoms with Gasteiger partial charge in [-0.2, -0.15) is 0 Å². The number of aliphatic imine (C=N–C) groups is 1. The molecule has 0 radical (unpaired) electrons. The summed E-state index contributed by atoms with van der Waals surface area (Å²) in [6.45, 7) is 0. The number of nitrogens with two attached hydrogens (primary N) is 1. The molecule has 1 aromatic rings. The minimum Gasteiger partial charge on any atom is -0.494 e. The summed E-state index contributed by atoms with van der Waals surface area (Å²) in [6, 6.07) is 5.58. The number of hydrogen-bond donors (Lipinski definition) is 1. The van der Waals surface area contributed by atoms with Crippen LogP contribution < -0.4 is 15.2 Å². The van der Waals surface area contributed by atoms with E-state index in [2.05, 4.69) is 4.99 Å². The highest BCUT2D eigenvalue weighted by atomic mass is 16.5. The van der Waals surface area contributed by atoms with Gasteiger partial charge in [-0.15, -0.1) is 0 Å². The molecule has 2 N–H and O–H groups in total. The van der Waals surface area contributed by atoms with E-state index in [9.17, 15) is 0 Å². The first-order valence-electron chi connectivity index (χ1n) is 5.81. The molecule has 0 aromatic heterocycles. The zero-order valence-electron chi connectivity index (χ0n) is 10.3. The molecular formula is C13H18N2O2. The molecule has 0 aliphatic heterocycles. The Bertz CT molecular complexity index is 403. The lowest BCUT2D eigenvalue weighted by atomic mass is 9.84. The van der Waals surface area contributed by atoms with E-state index < -0.39 is 0 Å². The Kier molecular flexibility index (Phi) is 3.52. The van der Waals surface area contributed by atoms with Crippen LogP contribution in [0, 0.1) is 5.92 Å². The number of nitrogens with zero attached hydrogens (tertiary/aromatic N) is 1. The van der Waals surface area contributed by atoms with Gasteiger partial charge in [0.1, 0.15) is 23.0 Å². The normalized spacial score (nSPS) is 16.5. The van der Waals surface area contributed by atoms with Gasteiger partial charge in [-0.3, -0.25) is 0 Å². The zero-order valence-corrected chi connectivity index (χ0v) is 10.3. The maximum absolute atomic E-state index is 6.00. The molecule has 0 saturated heterocycles. The van der Waals surface area contributed by atoms with E-state index >= 15 is 0 Å². The second-order valence-electron chi connectivity index (χ2n) is 4.18. The van der Waals surface area contributed by atoms with E-state index in [4.69, 9.17) is 15.2 Å². The van der Waals surface area contributed by atoms with Crippen LogP contribution in [0.3, 0.4) is 0 Å². The quantitative estimate of drug-likeness (QED) is 0.643. The number of benzene rings is 1. The first-order valence-corrected chi connectivity index (χ1v) is 5.81. The molecule has 1 aromatic carbocycles. The van der Waals surface area contributed by atoms with E-state index in [-0.39, 0.29) is 0 Å². The van der Waals surface area contributed by atoms with Crippen molar-refractivity contribution in [2.24, 2.45) is 16.6 Å². The van der Waals surface area contributed by atoms with Crippen molar-refractivity contribution >= 4 is 11.5 Å². The Labute approximate surface area is 101 Å². The maximum atomic E-state index is 6.00. The predicted molar refractivity (Wildman–Crippen MR) is 68.2 cm³/mol. The average molecular weight is 234 g/mol. The monoisotopic (exact) mass is 234 g/mol. The molecule has 0 amide bonds. The van der Waals surface area contributed by atoms with E-state index in [1.807, 2.05) is 18.2 Å². The van der Waals surface area contributed by atoms with Crippen LogP contribution in [-0.4, -0.2) is 20.1 Å². The van der Waals surface area contributed by atoms with Crippen LogP contribution in [0.5, 0.6) is 11.5 Å². The standard InChI is InChI=1S/C13H18N2O2/c1-16-10-7-4-8-11(17-2)12(10)15-13(14)9-5-3-6-9/h4,7-9H,3,5-6H2,1-2H3,(H2,14,15). The van der Waals surface area contributed by atoms with Crippen molar-refractivity contribution in [2.45, 2.75) is 19.3 Å². The van der Waals surface area contributed by atoms with Crippen LogP contribution in [0.2, 0.25) is 0 Å². The Balaban J connectivity index is 2.34. The van der Waals surface area contributed by atoms with Crippen molar-refractivity contribution in [1.29, 1.82) is 0 Å². The third-order valence-electron chi connectivity index (χ3n) is 3.17. The highest BCUT2D eigenvalue weighted by Gasteiger charge is 2.22. The van der Waals surface area contributed by atoms with Crippen molar-refractivity contribution in [2.75, 3.05) is 14.2 Å².